The van der Waals surface area contributed by atoms with Crippen LogP contribution in [-0.4, -0.2) is 13.1 Å². The van der Waals surface area contributed by atoms with Crippen LogP contribution in [0.15, 0.2) is 0 Å². The van der Waals surface area contributed by atoms with E-state index in [-0.39, 0.29) is 0 Å². The first-order valence-corrected chi connectivity index (χ1v) is 3.60. The molecule has 0 aromatic heterocycles. The molecule has 1 fully saturated rings. The standard InChI is InChI=1S/C8H13N/c1-2-8-5-3-4-6-9-7-8/h1,8-9H,3-7H2/t8-/m1/s1. The lowest BCUT2D eigenvalue weighted by molar-refractivity contribution is 0.597. The van der Waals surface area contributed by atoms with Crippen molar-refractivity contribution in [3.8, 4) is 12.3 Å². The van der Waals surface area contributed by atoms with Gasteiger partial charge in [-0.3, -0.25) is 0 Å². The highest BCUT2D eigenvalue weighted by Gasteiger charge is 2.06. The number of hydrogen-bond donors (Lipinski definition) is 1. The van der Waals surface area contributed by atoms with Crippen molar-refractivity contribution in [1.82, 2.24) is 5.32 Å². The summed E-state index contributed by atoms with van der Waals surface area (Å²) < 4.78 is 0. The van der Waals surface area contributed by atoms with Crippen LogP contribution in [-0.2, 0) is 0 Å². The summed E-state index contributed by atoms with van der Waals surface area (Å²) >= 11 is 0. The first kappa shape index (κ1) is 6.64. The van der Waals surface area contributed by atoms with Gasteiger partial charge in [-0.25, -0.2) is 0 Å². The maximum Gasteiger partial charge on any atom is 0.0325 e. The second-order valence-corrected chi connectivity index (χ2v) is 2.56. The van der Waals surface area contributed by atoms with Gasteiger partial charge in [-0.1, -0.05) is 6.42 Å². The molecule has 0 aromatic rings. The summed E-state index contributed by atoms with van der Waals surface area (Å²) in [6.07, 6.45) is 9.08. The summed E-state index contributed by atoms with van der Waals surface area (Å²) in [6.45, 7) is 2.18. The molecule has 0 aromatic carbocycles. The molecule has 1 saturated heterocycles. The molecule has 50 valence electrons. The third kappa shape index (κ3) is 2.07. The quantitative estimate of drug-likeness (QED) is 0.474. The SMILES string of the molecule is C#C[C@@H]1CCCCNC1. The van der Waals surface area contributed by atoms with Crippen LogP contribution in [0.1, 0.15) is 19.3 Å². The highest BCUT2D eigenvalue weighted by molar-refractivity contribution is 4.94. The van der Waals surface area contributed by atoms with Crippen LogP contribution < -0.4 is 5.32 Å². The molecule has 0 radical (unpaired) electrons. The molecule has 1 heterocycles. The number of hydrogen-bond acceptors (Lipinski definition) is 1. The monoisotopic (exact) mass is 123 g/mol. The Hall–Kier alpha value is -0.480. The van der Waals surface area contributed by atoms with Gasteiger partial charge in [0.15, 0.2) is 0 Å². The van der Waals surface area contributed by atoms with Gasteiger partial charge in [-0.05, 0) is 19.4 Å². The molecule has 1 atom stereocenters. The van der Waals surface area contributed by atoms with Crippen molar-refractivity contribution in [3.05, 3.63) is 0 Å². The second kappa shape index (κ2) is 3.53. The topological polar surface area (TPSA) is 12.0 Å². The van der Waals surface area contributed by atoms with Crippen molar-refractivity contribution in [2.24, 2.45) is 5.92 Å². The lowest BCUT2D eigenvalue weighted by Gasteiger charge is -2.03. The molecular formula is C8H13N. The molecule has 0 amide bonds. The van der Waals surface area contributed by atoms with E-state index in [0.29, 0.717) is 5.92 Å². The minimum atomic E-state index is 0.493. The lowest BCUT2D eigenvalue weighted by atomic mass is 10.1. The van der Waals surface area contributed by atoms with Crippen LogP contribution in [0, 0.1) is 18.3 Å². The van der Waals surface area contributed by atoms with Gasteiger partial charge in [0.1, 0.15) is 0 Å². The molecule has 0 unspecified atom stereocenters. The molecule has 0 bridgehead atoms. The van der Waals surface area contributed by atoms with Gasteiger partial charge in [0.25, 0.3) is 0 Å². The Kier molecular flexibility index (Phi) is 2.60. The zero-order chi connectivity index (χ0) is 6.53. The Labute approximate surface area is 56.8 Å². The second-order valence-electron chi connectivity index (χ2n) is 2.56. The summed E-state index contributed by atoms with van der Waals surface area (Å²) in [7, 11) is 0. The third-order valence-electron chi connectivity index (χ3n) is 1.78. The molecule has 9 heavy (non-hydrogen) atoms. The Bertz CT molecular complexity index is 104. The normalized spacial score (nSPS) is 28.6. The smallest absolute Gasteiger partial charge is 0.0325 e. The lowest BCUT2D eigenvalue weighted by Crippen LogP contribution is -2.19. The minimum absolute atomic E-state index is 0.493. The van der Waals surface area contributed by atoms with E-state index in [2.05, 4.69) is 11.2 Å². The van der Waals surface area contributed by atoms with Crippen LogP contribution in [0.4, 0.5) is 0 Å². The first-order valence-electron chi connectivity index (χ1n) is 3.60. The van der Waals surface area contributed by atoms with Crippen LogP contribution >= 0.6 is 0 Å². The summed E-state index contributed by atoms with van der Waals surface area (Å²) in [6, 6.07) is 0. The van der Waals surface area contributed by atoms with Crippen LogP contribution in [0.3, 0.4) is 0 Å². The molecule has 1 rings (SSSR count). The Morgan fingerprint density at radius 3 is 3.11 bits per heavy atom. The minimum Gasteiger partial charge on any atom is -0.316 e. The van der Waals surface area contributed by atoms with Gasteiger partial charge < -0.3 is 5.32 Å². The van der Waals surface area contributed by atoms with Gasteiger partial charge >= 0.3 is 0 Å². The predicted molar refractivity (Wildman–Crippen MR) is 39.0 cm³/mol. The van der Waals surface area contributed by atoms with Gasteiger partial charge in [0.2, 0.25) is 0 Å². The van der Waals surface area contributed by atoms with Crippen molar-refractivity contribution in [3.63, 3.8) is 0 Å². The largest absolute Gasteiger partial charge is 0.316 e. The molecule has 0 spiro atoms. The highest BCUT2D eigenvalue weighted by Crippen LogP contribution is 2.08. The summed E-state index contributed by atoms with van der Waals surface area (Å²) in [5.41, 5.74) is 0. The molecule has 1 nitrogen and oxygen atoms in total. The van der Waals surface area contributed by atoms with E-state index in [1.807, 2.05) is 0 Å². The summed E-state index contributed by atoms with van der Waals surface area (Å²) in [5.74, 6) is 3.27. The molecule has 1 aliphatic rings. The average Bonchev–Trinajstić information content (AvgIpc) is 2.13. The molecule has 1 N–H and O–H groups in total. The fourth-order valence-electron chi connectivity index (χ4n) is 1.16. The van der Waals surface area contributed by atoms with Crippen molar-refractivity contribution in [2.45, 2.75) is 19.3 Å². The zero-order valence-electron chi connectivity index (χ0n) is 5.69. The van der Waals surface area contributed by atoms with Gasteiger partial charge in [0.05, 0.1) is 0 Å². The molecular weight excluding hydrogens is 110 g/mol. The van der Waals surface area contributed by atoms with E-state index < -0.39 is 0 Å². The Morgan fingerprint density at radius 1 is 1.44 bits per heavy atom. The van der Waals surface area contributed by atoms with Crippen molar-refractivity contribution in [1.29, 1.82) is 0 Å². The fraction of sp³-hybridized carbons (Fsp3) is 0.750. The summed E-state index contributed by atoms with van der Waals surface area (Å²) in [4.78, 5) is 0. The molecule has 1 heteroatoms. The zero-order valence-corrected chi connectivity index (χ0v) is 5.69. The molecule has 1 aliphatic heterocycles. The van der Waals surface area contributed by atoms with E-state index in [9.17, 15) is 0 Å². The highest BCUT2D eigenvalue weighted by atomic mass is 14.9. The van der Waals surface area contributed by atoms with Crippen molar-refractivity contribution in [2.75, 3.05) is 13.1 Å². The van der Waals surface area contributed by atoms with E-state index in [1.165, 1.54) is 19.3 Å². The third-order valence-corrected chi connectivity index (χ3v) is 1.78. The average molecular weight is 123 g/mol. The number of terminal acetylenes is 1. The van der Waals surface area contributed by atoms with E-state index in [0.717, 1.165) is 13.1 Å². The van der Waals surface area contributed by atoms with Gasteiger partial charge in [-0.2, -0.15) is 0 Å². The van der Waals surface area contributed by atoms with Gasteiger partial charge in [0, 0.05) is 12.5 Å². The molecule has 0 aliphatic carbocycles. The number of nitrogens with one attached hydrogen (secondary N) is 1. The van der Waals surface area contributed by atoms with E-state index >= 15 is 0 Å². The number of rotatable bonds is 0. The predicted octanol–water partition coefficient (Wildman–Crippen LogP) is 1.01. The van der Waals surface area contributed by atoms with E-state index in [1.54, 1.807) is 0 Å². The van der Waals surface area contributed by atoms with Crippen LogP contribution in [0.5, 0.6) is 0 Å². The summed E-state index contributed by atoms with van der Waals surface area (Å²) in [5, 5.41) is 3.31. The van der Waals surface area contributed by atoms with Crippen molar-refractivity contribution >= 4 is 0 Å². The Morgan fingerprint density at radius 2 is 2.33 bits per heavy atom. The fourth-order valence-corrected chi connectivity index (χ4v) is 1.16. The maximum atomic E-state index is 5.28. The van der Waals surface area contributed by atoms with Crippen LogP contribution in [0.2, 0.25) is 0 Å². The molecule has 0 saturated carbocycles. The van der Waals surface area contributed by atoms with E-state index in [4.69, 9.17) is 6.42 Å². The maximum absolute atomic E-state index is 5.28. The van der Waals surface area contributed by atoms with Gasteiger partial charge in [-0.15, -0.1) is 12.3 Å². The van der Waals surface area contributed by atoms with Crippen molar-refractivity contribution < 1.29 is 0 Å². The first-order chi connectivity index (χ1) is 4.43. The van der Waals surface area contributed by atoms with Crippen LogP contribution in [0.25, 0.3) is 0 Å². The Balaban J connectivity index is 2.29.